The van der Waals surface area contributed by atoms with Crippen LogP contribution in [0.1, 0.15) is 19.2 Å². The van der Waals surface area contributed by atoms with Crippen LogP contribution in [0.5, 0.6) is 11.5 Å². The highest BCUT2D eigenvalue weighted by molar-refractivity contribution is 7.98. The number of thioether (sulfide) groups is 1. The number of aromatic nitrogens is 4. The Hall–Kier alpha value is -3.40. The van der Waals surface area contributed by atoms with Crippen molar-refractivity contribution in [3.63, 3.8) is 0 Å². The Bertz CT molecular complexity index is 1320. The van der Waals surface area contributed by atoms with Crippen LogP contribution in [0.25, 0.3) is 22.3 Å². The highest BCUT2D eigenvalue weighted by Gasteiger charge is 2.19. The number of nitrogens with zero attached hydrogens (tertiary/aromatic N) is 4. The molecule has 0 saturated carbocycles. The van der Waals surface area contributed by atoms with Crippen molar-refractivity contribution in [1.29, 1.82) is 0 Å². The van der Waals surface area contributed by atoms with E-state index in [4.69, 9.17) is 14.0 Å². The normalized spacial score (nSPS) is 12.6. The van der Waals surface area contributed by atoms with E-state index in [9.17, 15) is 9.18 Å². The third-order valence-corrected chi connectivity index (χ3v) is 5.72. The molecular weight excluding hydrogens is 423 g/mol. The summed E-state index contributed by atoms with van der Waals surface area (Å²) < 4.78 is 30.9. The van der Waals surface area contributed by atoms with Crippen LogP contribution < -0.4 is 15.0 Å². The maximum atomic E-state index is 13.1. The van der Waals surface area contributed by atoms with Gasteiger partial charge in [-0.15, -0.1) is 0 Å². The Balaban J connectivity index is 1.44. The van der Waals surface area contributed by atoms with Crippen molar-refractivity contribution in [3.05, 3.63) is 58.5 Å². The summed E-state index contributed by atoms with van der Waals surface area (Å²) in [4.78, 5) is 22.1. The van der Waals surface area contributed by atoms with E-state index in [1.807, 2.05) is 6.92 Å². The van der Waals surface area contributed by atoms with E-state index in [1.54, 1.807) is 28.8 Å². The largest absolute Gasteiger partial charge is 0.454 e. The second-order valence-electron chi connectivity index (χ2n) is 6.88. The summed E-state index contributed by atoms with van der Waals surface area (Å²) in [6, 6.07) is 9.26. The third-order valence-electron chi connectivity index (χ3n) is 4.76. The van der Waals surface area contributed by atoms with Gasteiger partial charge in [-0.3, -0.25) is 9.36 Å². The number of halogens is 1. The number of ether oxygens (including phenoxy) is 2. The van der Waals surface area contributed by atoms with Gasteiger partial charge in [-0.05, 0) is 36.8 Å². The van der Waals surface area contributed by atoms with Crippen LogP contribution in [0.4, 0.5) is 4.39 Å². The smallest absolute Gasteiger partial charge is 0.262 e. The van der Waals surface area contributed by atoms with Crippen LogP contribution in [-0.2, 0) is 12.3 Å². The molecule has 31 heavy (non-hydrogen) atoms. The molecule has 0 atom stereocenters. The zero-order valence-corrected chi connectivity index (χ0v) is 17.3. The summed E-state index contributed by atoms with van der Waals surface area (Å²) in [6.45, 7) is 2.66. The quantitative estimate of drug-likeness (QED) is 0.328. The minimum atomic E-state index is -0.332. The summed E-state index contributed by atoms with van der Waals surface area (Å²) in [7, 11) is 0. The highest BCUT2D eigenvalue weighted by atomic mass is 32.2. The molecule has 3 heterocycles. The van der Waals surface area contributed by atoms with Crippen molar-refractivity contribution in [1.82, 2.24) is 19.7 Å². The van der Waals surface area contributed by atoms with Gasteiger partial charge in [0.05, 0.1) is 16.7 Å². The van der Waals surface area contributed by atoms with Crippen LogP contribution in [0.15, 0.2) is 50.9 Å². The Kier molecular flexibility index (Phi) is 5.06. The summed E-state index contributed by atoms with van der Waals surface area (Å²) in [5, 5.41) is 4.99. The third kappa shape index (κ3) is 3.74. The van der Waals surface area contributed by atoms with E-state index < -0.39 is 0 Å². The van der Waals surface area contributed by atoms with Crippen molar-refractivity contribution in [2.45, 2.75) is 30.8 Å². The predicted octanol–water partition coefficient (Wildman–Crippen LogP) is 4.02. The van der Waals surface area contributed by atoms with Crippen molar-refractivity contribution in [2.75, 3.05) is 6.79 Å². The molecule has 8 nitrogen and oxygen atoms in total. The fraction of sp³-hybridized carbons (Fsp3) is 0.238. The van der Waals surface area contributed by atoms with E-state index in [1.165, 1.54) is 23.9 Å². The predicted molar refractivity (Wildman–Crippen MR) is 112 cm³/mol. The van der Waals surface area contributed by atoms with Gasteiger partial charge in [0.25, 0.3) is 5.56 Å². The molecule has 0 fully saturated rings. The van der Waals surface area contributed by atoms with Gasteiger partial charge in [0.15, 0.2) is 16.7 Å². The van der Waals surface area contributed by atoms with Crippen LogP contribution in [-0.4, -0.2) is 26.5 Å². The van der Waals surface area contributed by atoms with Crippen molar-refractivity contribution in [3.8, 4) is 22.9 Å². The van der Waals surface area contributed by atoms with Gasteiger partial charge in [-0.25, -0.2) is 9.37 Å². The first-order chi connectivity index (χ1) is 15.1. The standard InChI is InChI=1S/C21H17FN4O4S/c1-2-7-26-20(27)14-8-16-17(29-11-28-16)9-15(14)23-21(26)31-10-18-24-19(25-30-18)12-3-5-13(22)6-4-12/h3-6,8-9H,2,7,10-11H2,1H3. The Morgan fingerprint density at radius 2 is 1.90 bits per heavy atom. The molecule has 2 aromatic carbocycles. The van der Waals surface area contributed by atoms with Crippen molar-refractivity contribution < 1.29 is 18.4 Å². The molecule has 1 aliphatic rings. The second-order valence-corrected chi connectivity index (χ2v) is 7.82. The number of rotatable bonds is 6. The number of hydrogen-bond acceptors (Lipinski definition) is 8. The molecule has 0 saturated heterocycles. The molecule has 0 aliphatic carbocycles. The summed E-state index contributed by atoms with van der Waals surface area (Å²) in [6.07, 6.45) is 0.778. The zero-order valence-electron chi connectivity index (χ0n) is 16.5. The van der Waals surface area contributed by atoms with Gasteiger partial charge >= 0.3 is 0 Å². The highest BCUT2D eigenvalue weighted by Crippen LogP contribution is 2.35. The topological polar surface area (TPSA) is 92.3 Å². The first kappa shape index (κ1) is 19.6. The monoisotopic (exact) mass is 440 g/mol. The van der Waals surface area contributed by atoms with E-state index in [0.29, 0.717) is 57.1 Å². The first-order valence-corrected chi connectivity index (χ1v) is 10.7. The maximum Gasteiger partial charge on any atom is 0.262 e. The molecule has 0 bridgehead atoms. The molecule has 0 amide bonds. The Morgan fingerprint density at radius 1 is 1.13 bits per heavy atom. The van der Waals surface area contributed by atoms with E-state index in [0.717, 1.165) is 6.42 Å². The van der Waals surface area contributed by atoms with Gasteiger partial charge in [0.2, 0.25) is 18.5 Å². The van der Waals surface area contributed by atoms with E-state index in [-0.39, 0.29) is 18.2 Å². The molecule has 0 spiro atoms. The molecular formula is C21H17FN4O4S. The lowest BCUT2D eigenvalue weighted by Gasteiger charge is -2.12. The second kappa shape index (κ2) is 8.03. The molecule has 1 aliphatic heterocycles. The number of fused-ring (bicyclic) bond motifs is 2. The van der Waals surface area contributed by atoms with Gasteiger partial charge in [0, 0.05) is 18.2 Å². The van der Waals surface area contributed by atoms with Crippen LogP contribution in [0.2, 0.25) is 0 Å². The lowest BCUT2D eigenvalue weighted by Crippen LogP contribution is -2.23. The lowest BCUT2D eigenvalue weighted by molar-refractivity contribution is 0.174. The first-order valence-electron chi connectivity index (χ1n) is 9.68. The number of benzene rings is 2. The molecule has 2 aromatic heterocycles. The van der Waals surface area contributed by atoms with Gasteiger partial charge < -0.3 is 14.0 Å². The molecule has 0 radical (unpaired) electrons. The minimum Gasteiger partial charge on any atom is -0.454 e. The van der Waals surface area contributed by atoms with Gasteiger partial charge in [-0.2, -0.15) is 4.98 Å². The molecule has 5 rings (SSSR count). The SMILES string of the molecule is CCCn1c(SCc2nc(-c3ccc(F)cc3)no2)nc2cc3c(cc2c1=O)OCO3. The Labute approximate surface area is 180 Å². The lowest BCUT2D eigenvalue weighted by atomic mass is 10.2. The molecule has 158 valence electrons. The number of hydrogen-bond donors (Lipinski definition) is 0. The molecule has 4 aromatic rings. The van der Waals surface area contributed by atoms with E-state index in [2.05, 4.69) is 15.1 Å². The Morgan fingerprint density at radius 3 is 2.68 bits per heavy atom. The zero-order chi connectivity index (χ0) is 21.4. The molecule has 0 unspecified atom stereocenters. The average molecular weight is 440 g/mol. The van der Waals surface area contributed by atoms with Crippen molar-refractivity contribution in [2.24, 2.45) is 0 Å². The summed E-state index contributed by atoms with van der Waals surface area (Å²) in [5.74, 6) is 1.88. The van der Waals surface area contributed by atoms with Crippen LogP contribution >= 0.6 is 11.8 Å². The minimum absolute atomic E-state index is 0.129. The fourth-order valence-corrected chi connectivity index (χ4v) is 4.14. The molecule has 0 N–H and O–H groups in total. The average Bonchev–Trinajstić information content (AvgIpc) is 3.43. The van der Waals surface area contributed by atoms with Gasteiger partial charge in [-0.1, -0.05) is 23.8 Å². The summed E-state index contributed by atoms with van der Waals surface area (Å²) >= 11 is 1.34. The van der Waals surface area contributed by atoms with Crippen LogP contribution in [0, 0.1) is 5.82 Å². The molecule has 10 heteroatoms. The van der Waals surface area contributed by atoms with Crippen LogP contribution in [0.3, 0.4) is 0 Å². The van der Waals surface area contributed by atoms with Crippen molar-refractivity contribution >= 4 is 22.7 Å². The van der Waals surface area contributed by atoms with E-state index >= 15 is 0 Å². The fourth-order valence-electron chi connectivity index (χ4n) is 3.28. The summed E-state index contributed by atoms with van der Waals surface area (Å²) in [5.41, 5.74) is 1.07. The maximum absolute atomic E-state index is 13.1. The van der Waals surface area contributed by atoms with Gasteiger partial charge in [0.1, 0.15) is 5.82 Å².